The molecular formula is C14H19FO2S. The fraction of sp³-hybridized carbons (Fsp3) is 0.429. The van der Waals surface area contributed by atoms with Crippen molar-refractivity contribution in [3.8, 4) is 0 Å². The highest BCUT2D eigenvalue weighted by molar-refractivity contribution is 7.92. The van der Waals surface area contributed by atoms with Crippen molar-refractivity contribution in [3.63, 3.8) is 0 Å². The second-order valence-electron chi connectivity index (χ2n) is 5.43. The zero-order valence-electron chi connectivity index (χ0n) is 11.1. The summed E-state index contributed by atoms with van der Waals surface area (Å²) in [6, 6.07) is 6.19. The number of benzene rings is 1. The Kier molecular flexibility index (Phi) is 4.32. The predicted molar refractivity (Wildman–Crippen MR) is 71.9 cm³/mol. The molecule has 1 rings (SSSR count). The Labute approximate surface area is 108 Å². The van der Waals surface area contributed by atoms with Gasteiger partial charge in [-0.3, -0.25) is 0 Å². The van der Waals surface area contributed by atoms with E-state index in [2.05, 4.69) is 0 Å². The van der Waals surface area contributed by atoms with Crippen LogP contribution in [0.2, 0.25) is 0 Å². The molecule has 1 aromatic rings. The van der Waals surface area contributed by atoms with Crippen LogP contribution in [0.3, 0.4) is 0 Å². The third-order valence-corrected chi connectivity index (χ3v) is 4.07. The maximum atomic E-state index is 13.8. The number of allylic oxidation sites excluding steroid dienone is 1. The van der Waals surface area contributed by atoms with Crippen LogP contribution < -0.4 is 0 Å². The maximum Gasteiger partial charge on any atom is 0.223 e. The zero-order valence-corrected chi connectivity index (χ0v) is 12.0. The van der Waals surface area contributed by atoms with Gasteiger partial charge in [0.15, 0.2) is 0 Å². The molecule has 0 amide bonds. The van der Waals surface area contributed by atoms with E-state index in [0.717, 1.165) is 11.6 Å². The number of hydrogen-bond donors (Lipinski definition) is 0. The second-order valence-corrected chi connectivity index (χ2v) is 7.45. The van der Waals surface area contributed by atoms with Gasteiger partial charge >= 0.3 is 0 Å². The quantitative estimate of drug-likeness (QED) is 0.785. The van der Waals surface area contributed by atoms with Crippen LogP contribution in [0.4, 0.5) is 4.39 Å². The lowest BCUT2D eigenvalue weighted by Gasteiger charge is -2.12. The first-order valence-electron chi connectivity index (χ1n) is 5.77. The Morgan fingerprint density at radius 3 is 2.11 bits per heavy atom. The molecule has 1 unspecified atom stereocenters. The van der Waals surface area contributed by atoms with Gasteiger partial charge in [-0.1, -0.05) is 44.5 Å². The van der Waals surface area contributed by atoms with Gasteiger partial charge < -0.3 is 0 Å². The van der Waals surface area contributed by atoms with Crippen LogP contribution in [0.15, 0.2) is 41.3 Å². The van der Waals surface area contributed by atoms with Gasteiger partial charge in [0, 0.05) is 0 Å². The molecule has 1 atom stereocenters. The van der Waals surface area contributed by atoms with Gasteiger partial charge in [0.1, 0.15) is 0 Å². The Morgan fingerprint density at radius 1 is 1.17 bits per heavy atom. The Morgan fingerprint density at radius 2 is 1.67 bits per heavy atom. The maximum absolute atomic E-state index is 13.8. The fourth-order valence-electron chi connectivity index (χ4n) is 1.33. The Bertz CT molecular complexity index is 522. The minimum atomic E-state index is -3.93. The van der Waals surface area contributed by atoms with E-state index in [0.29, 0.717) is 0 Å². The molecule has 4 heteroatoms. The third-order valence-electron chi connectivity index (χ3n) is 2.39. The van der Waals surface area contributed by atoms with Crippen molar-refractivity contribution < 1.29 is 12.8 Å². The highest BCUT2D eigenvalue weighted by Gasteiger charge is 2.25. The molecule has 0 bridgehead atoms. The molecule has 0 spiro atoms. The molecule has 0 saturated carbocycles. The Hall–Kier alpha value is -1.16. The van der Waals surface area contributed by atoms with E-state index in [9.17, 15) is 12.8 Å². The van der Waals surface area contributed by atoms with Gasteiger partial charge in [0.05, 0.1) is 4.90 Å². The van der Waals surface area contributed by atoms with Crippen molar-refractivity contribution in [1.29, 1.82) is 0 Å². The lowest BCUT2D eigenvalue weighted by molar-refractivity contribution is 0.465. The van der Waals surface area contributed by atoms with Gasteiger partial charge in [-0.2, -0.15) is 0 Å². The molecule has 0 N–H and O–H groups in total. The van der Waals surface area contributed by atoms with Crippen LogP contribution in [0.1, 0.15) is 26.3 Å². The van der Waals surface area contributed by atoms with E-state index >= 15 is 0 Å². The molecule has 1 aromatic carbocycles. The summed E-state index contributed by atoms with van der Waals surface area (Å²) in [6.45, 7) is 7.50. The summed E-state index contributed by atoms with van der Waals surface area (Å²) >= 11 is 0. The summed E-state index contributed by atoms with van der Waals surface area (Å²) in [7, 11) is -3.93. The molecule has 0 aliphatic heterocycles. The van der Waals surface area contributed by atoms with Crippen LogP contribution in [0.25, 0.3) is 0 Å². The van der Waals surface area contributed by atoms with Crippen molar-refractivity contribution in [2.45, 2.75) is 38.1 Å². The zero-order chi connectivity index (χ0) is 14.0. The standard InChI is InChI=1S/C14H19FO2S/c1-11-5-7-12(8-6-11)18(16,17)13(15)9-10-14(2,3)4/h5-10,13H,1-4H3/b10-9-. The minimum absolute atomic E-state index is 0.0131. The number of alkyl halides is 1. The molecule has 2 nitrogen and oxygen atoms in total. The van der Waals surface area contributed by atoms with Crippen molar-refractivity contribution in [1.82, 2.24) is 0 Å². The fourth-order valence-corrected chi connectivity index (χ4v) is 2.39. The van der Waals surface area contributed by atoms with E-state index in [1.54, 1.807) is 18.2 Å². The van der Waals surface area contributed by atoms with Gasteiger partial charge in [0.25, 0.3) is 0 Å². The second kappa shape index (κ2) is 5.22. The largest absolute Gasteiger partial charge is 0.225 e. The van der Waals surface area contributed by atoms with E-state index in [1.165, 1.54) is 12.1 Å². The summed E-state index contributed by atoms with van der Waals surface area (Å²) in [5.74, 6) is 0. The monoisotopic (exact) mass is 270 g/mol. The predicted octanol–water partition coefficient (Wildman–Crippen LogP) is 3.67. The van der Waals surface area contributed by atoms with Crippen molar-refractivity contribution in [2.24, 2.45) is 5.41 Å². The van der Waals surface area contributed by atoms with Crippen molar-refractivity contribution in [2.75, 3.05) is 0 Å². The van der Waals surface area contributed by atoms with Crippen molar-refractivity contribution >= 4 is 9.84 Å². The molecule has 0 saturated heterocycles. The van der Waals surface area contributed by atoms with Crippen LogP contribution in [-0.4, -0.2) is 13.9 Å². The normalized spacial score (nSPS) is 14.9. The number of hydrogen-bond acceptors (Lipinski definition) is 2. The molecule has 0 radical (unpaired) electrons. The molecule has 18 heavy (non-hydrogen) atoms. The van der Waals surface area contributed by atoms with E-state index in [-0.39, 0.29) is 10.3 Å². The molecule has 0 heterocycles. The summed E-state index contributed by atoms with van der Waals surface area (Å²) in [4.78, 5) is 0.0131. The van der Waals surface area contributed by atoms with E-state index < -0.39 is 15.3 Å². The highest BCUT2D eigenvalue weighted by atomic mass is 32.2. The minimum Gasteiger partial charge on any atom is -0.225 e. The smallest absolute Gasteiger partial charge is 0.223 e. The number of rotatable bonds is 3. The summed E-state index contributed by atoms with van der Waals surface area (Å²) in [5.41, 5.74) is -1.30. The van der Waals surface area contributed by atoms with Gasteiger partial charge in [-0.05, 0) is 30.5 Å². The highest BCUT2D eigenvalue weighted by Crippen LogP contribution is 2.21. The van der Waals surface area contributed by atoms with Gasteiger partial charge in [0.2, 0.25) is 15.3 Å². The summed E-state index contributed by atoms with van der Waals surface area (Å²) < 4.78 is 37.7. The van der Waals surface area contributed by atoms with Crippen LogP contribution in [0, 0.1) is 12.3 Å². The van der Waals surface area contributed by atoms with Gasteiger partial charge in [-0.25, -0.2) is 12.8 Å². The molecule has 0 fully saturated rings. The van der Waals surface area contributed by atoms with Crippen molar-refractivity contribution in [3.05, 3.63) is 42.0 Å². The van der Waals surface area contributed by atoms with E-state index in [1.807, 2.05) is 27.7 Å². The first kappa shape index (κ1) is 14.9. The summed E-state index contributed by atoms with van der Waals surface area (Å²) in [5, 5.41) is 0. The molecule has 0 aromatic heterocycles. The van der Waals surface area contributed by atoms with Crippen LogP contribution in [0.5, 0.6) is 0 Å². The van der Waals surface area contributed by atoms with Crippen LogP contribution >= 0.6 is 0 Å². The first-order chi connectivity index (χ1) is 8.13. The first-order valence-corrected chi connectivity index (χ1v) is 7.31. The lowest BCUT2D eigenvalue weighted by Crippen LogP contribution is -2.15. The topological polar surface area (TPSA) is 34.1 Å². The SMILES string of the molecule is Cc1ccc(S(=O)(=O)C(F)/C=C\C(C)(C)C)cc1. The average molecular weight is 270 g/mol. The average Bonchev–Trinajstić information content (AvgIpc) is 2.25. The lowest BCUT2D eigenvalue weighted by atomic mass is 9.97. The summed E-state index contributed by atoms with van der Waals surface area (Å²) in [6.07, 6.45) is 2.68. The molecule has 100 valence electrons. The molecule has 0 aliphatic carbocycles. The number of aryl methyl sites for hydroxylation is 1. The number of sulfone groups is 1. The molecular weight excluding hydrogens is 251 g/mol. The van der Waals surface area contributed by atoms with E-state index in [4.69, 9.17) is 0 Å². The Balaban J connectivity index is 3.00. The third kappa shape index (κ3) is 3.95. The number of halogens is 1. The molecule has 0 aliphatic rings. The van der Waals surface area contributed by atoms with Crippen LogP contribution in [-0.2, 0) is 9.84 Å². The van der Waals surface area contributed by atoms with Gasteiger partial charge in [-0.15, -0.1) is 0 Å².